The number of hydrogen-bond acceptors (Lipinski definition) is 5. The summed E-state index contributed by atoms with van der Waals surface area (Å²) in [5.74, 6) is 1.00. The van der Waals surface area contributed by atoms with Gasteiger partial charge in [-0.25, -0.2) is 0 Å². The van der Waals surface area contributed by atoms with Gasteiger partial charge < -0.3 is 15.6 Å². The zero-order valence-corrected chi connectivity index (χ0v) is 8.24. The van der Waals surface area contributed by atoms with Gasteiger partial charge in [0.25, 0.3) is 0 Å². The van der Waals surface area contributed by atoms with Crippen LogP contribution in [0, 0.1) is 0 Å². The van der Waals surface area contributed by atoms with Gasteiger partial charge in [0.2, 0.25) is 0 Å². The molecule has 74 valence electrons. The lowest BCUT2D eigenvalue weighted by molar-refractivity contribution is 0.418. The first-order valence-corrected chi connectivity index (χ1v) is 4.42. The highest BCUT2D eigenvalue weighted by Gasteiger charge is 2.08. The minimum atomic E-state index is 0.0781. The molecule has 1 rings (SSSR count). The summed E-state index contributed by atoms with van der Waals surface area (Å²) in [6, 6.07) is 0.524. The van der Waals surface area contributed by atoms with Gasteiger partial charge in [-0.05, 0) is 6.92 Å². The molecular formula is C8H16N4O. The Morgan fingerprint density at radius 1 is 1.46 bits per heavy atom. The maximum atomic E-state index is 5.55. The number of rotatable bonds is 4. The van der Waals surface area contributed by atoms with Gasteiger partial charge in [-0.1, -0.05) is 19.0 Å². The number of aromatic nitrogens is 2. The molecule has 1 unspecified atom stereocenters. The first-order valence-electron chi connectivity index (χ1n) is 4.42. The SMILES string of the molecule is CC(N)CNc1nc(C(C)C)no1. The molecule has 1 heterocycles. The van der Waals surface area contributed by atoms with Crippen molar-refractivity contribution in [1.29, 1.82) is 0 Å². The molecule has 0 saturated carbocycles. The molecule has 0 aliphatic carbocycles. The minimum Gasteiger partial charge on any atom is -0.336 e. The van der Waals surface area contributed by atoms with Crippen molar-refractivity contribution in [1.82, 2.24) is 10.1 Å². The summed E-state index contributed by atoms with van der Waals surface area (Å²) in [4.78, 5) is 4.14. The summed E-state index contributed by atoms with van der Waals surface area (Å²) >= 11 is 0. The van der Waals surface area contributed by atoms with E-state index in [-0.39, 0.29) is 12.0 Å². The van der Waals surface area contributed by atoms with Crippen molar-refractivity contribution in [2.24, 2.45) is 5.73 Å². The van der Waals surface area contributed by atoms with E-state index in [1.807, 2.05) is 20.8 Å². The Bertz CT molecular complexity index is 256. The van der Waals surface area contributed by atoms with E-state index in [1.54, 1.807) is 0 Å². The van der Waals surface area contributed by atoms with Crippen LogP contribution in [0.3, 0.4) is 0 Å². The van der Waals surface area contributed by atoms with E-state index in [0.717, 1.165) is 0 Å². The first-order chi connectivity index (χ1) is 6.09. The zero-order chi connectivity index (χ0) is 9.84. The van der Waals surface area contributed by atoms with Crippen molar-refractivity contribution < 1.29 is 4.52 Å². The monoisotopic (exact) mass is 184 g/mol. The van der Waals surface area contributed by atoms with Gasteiger partial charge in [0.1, 0.15) is 0 Å². The molecule has 0 spiro atoms. The molecule has 0 fully saturated rings. The topological polar surface area (TPSA) is 77.0 Å². The van der Waals surface area contributed by atoms with Gasteiger partial charge in [-0.2, -0.15) is 4.98 Å². The highest BCUT2D eigenvalue weighted by atomic mass is 16.5. The van der Waals surface area contributed by atoms with Crippen LogP contribution in [0.2, 0.25) is 0 Å². The summed E-state index contributed by atoms with van der Waals surface area (Å²) in [6.07, 6.45) is 0. The van der Waals surface area contributed by atoms with Crippen LogP contribution in [0.1, 0.15) is 32.5 Å². The lowest BCUT2D eigenvalue weighted by atomic mass is 10.2. The normalized spacial score (nSPS) is 13.3. The van der Waals surface area contributed by atoms with Crippen molar-refractivity contribution in [3.8, 4) is 0 Å². The molecule has 1 aromatic rings. The molecule has 0 radical (unpaired) electrons. The van der Waals surface area contributed by atoms with E-state index in [4.69, 9.17) is 10.3 Å². The van der Waals surface area contributed by atoms with Gasteiger partial charge in [0, 0.05) is 18.5 Å². The first kappa shape index (κ1) is 9.98. The van der Waals surface area contributed by atoms with E-state index < -0.39 is 0 Å². The van der Waals surface area contributed by atoms with E-state index in [2.05, 4.69) is 15.5 Å². The minimum absolute atomic E-state index is 0.0781. The van der Waals surface area contributed by atoms with Crippen LogP contribution >= 0.6 is 0 Å². The number of nitrogens with two attached hydrogens (primary N) is 1. The molecule has 0 amide bonds. The van der Waals surface area contributed by atoms with Crippen molar-refractivity contribution in [2.45, 2.75) is 32.7 Å². The van der Waals surface area contributed by atoms with Crippen molar-refractivity contribution in [2.75, 3.05) is 11.9 Å². The standard InChI is InChI=1S/C8H16N4O/c1-5(2)7-11-8(13-12-7)10-4-6(3)9/h5-6H,4,9H2,1-3H3,(H,10,11,12). The maximum Gasteiger partial charge on any atom is 0.321 e. The summed E-state index contributed by atoms with van der Waals surface area (Å²) in [5.41, 5.74) is 5.55. The third kappa shape index (κ3) is 3.02. The molecular weight excluding hydrogens is 168 g/mol. The van der Waals surface area contributed by atoms with Crippen molar-refractivity contribution in [3.05, 3.63) is 5.82 Å². The average molecular weight is 184 g/mol. The van der Waals surface area contributed by atoms with E-state index in [0.29, 0.717) is 18.4 Å². The number of nitrogens with zero attached hydrogens (tertiary/aromatic N) is 2. The Labute approximate surface area is 77.7 Å². The quantitative estimate of drug-likeness (QED) is 0.728. The lowest BCUT2D eigenvalue weighted by Gasteiger charge is -2.02. The Morgan fingerprint density at radius 2 is 2.15 bits per heavy atom. The number of hydrogen-bond donors (Lipinski definition) is 2. The molecule has 0 bridgehead atoms. The average Bonchev–Trinajstić information content (AvgIpc) is 2.48. The maximum absolute atomic E-state index is 5.55. The smallest absolute Gasteiger partial charge is 0.321 e. The molecule has 3 N–H and O–H groups in total. The Morgan fingerprint density at radius 3 is 2.62 bits per heavy atom. The fourth-order valence-electron chi connectivity index (χ4n) is 0.789. The Hall–Kier alpha value is -1.10. The summed E-state index contributed by atoms with van der Waals surface area (Å²) in [7, 11) is 0. The molecule has 1 atom stereocenters. The predicted octanol–water partition coefficient (Wildman–Crippen LogP) is 0.952. The van der Waals surface area contributed by atoms with Crippen molar-refractivity contribution >= 4 is 6.01 Å². The second-order valence-electron chi connectivity index (χ2n) is 3.47. The fraction of sp³-hybridized carbons (Fsp3) is 0.750. The highest BCUT2D eigenvalue weighted by Crippen LogP contribution is 2.11. The Balaban J connectivity index is 2.49. The van der Waals surface area contributed by atoms with Crippen LogP contribution < -0.4 is 11.1 Å². The second-order valence-corrected chi connectivity index (χ2v) is 3.47. The molecule has 0 aliphatic heterocycles. The van der Waals surface area contributed by atoms with E-state index in [9.17, 15) is 0 Å². The Kier molecular flexibility index (Phi) is 3.25. The molecule has 0 aromatic carbocycles. The van der Waals surface area contributed by atoms with Gasteiger partial charge in [-0.3, -0.25) is 0 Å². The van der Waals surface area contributed by atoms with Gasteiger partial charge in [-0.15, -0.1) is 0 Å². The van der Waals surface area contributed by atoms with Crippen LogP contribution in [-0.2, 0) is 0 Å². The van der Waals surface area contributed by atoms with Crippen LogP contribution in [0.15, 0.2) is 4.52 Å². The second kappa shape index (κ2) is 4.23. The summed E-state index contributed by atoms with van der Waals surface area (Å²) < 4.78 is 4.95. The van der Waals surface area contributed by atoms with Crippen LogP contribution in [-0.4, -0.2) is 22.7 Å². The molecule has 1 aromatic heterocycles. The lowest BCUT2D eigenvalue weighted by Crippen LogP contribution is -2.25. The number of nitrogens with one attached hydrogen (secondary N) is 1. The molecule has 5 nitrogen and oxygen atoms in total. The van der Waals surface area contributed by atoms with Gasteiger partial charge in [0.15, 0.2) is 5.82 Å². The van der Waals surface area contributed by atoms with Crippen LogP contribution in [0.5, 0.6) is 0 Å². The van der Waals surface area contributed by atoms with Crippen molar-refractivity contribution in [3.63, 3.8) is 0 Å². The molecule has 5 heteroatoms. The van der Waals surface area contributed by atoms with E-state index in [1.165, 1.54) is 0 Å². The fourth-order valence-corrected chi connectivity index (χ4v) is 0.789. The molecule has 0 saturated heterocycles. The van der Waals surface area contributed by atoms with Crippen LogP contribution in [0.4, 0.5) is 6.01 Å². The third-order valence-corrected chi connectivity index (χ3v) is 1.53. The van der Waals surface area contributed by atoms with Gasteiger partial charge >= 0.3 is 6.01 Å². The zero-order valence-electron chi connectivity index (χ0n) is 8.24. The molecule has 13 heavy (non-hydrogen) atoms. The molecule has 0 aliphatic rings. The summed E-state index contributed by atoms with van der Waals surface area (Å²) in [5, 5.41) is 6.76. The van der Waals surface area contributed by atoms with Crippen LogP contribution in [0.25, 0.3) is 0 Å². The highest BCUT2D eigenvalue weighted by molar-refractivity contribution is 5.19. The predicted molar refractivity (Wildman–Crippen MR) is 50.5 cm³/mol. The largest absolute Gasteiger partial charge is 0.336 e. The van der Waals surface area contributed by atoms with Gasteiger partial charge in [0.05, 0.1) is 0 Å². The third-order valence-electron chi connectivity index (χ3n) is 1.53. The van der Waals surface area contributed by atoms with E-state index >= 15 is 0 Å². The summed E-state index contributed by atoms with van der Waals surface area (Å²) in [6.45, 7) is 6.58. The number of anilines is 1.